The molecule has 1 saturated carbocycles. The Balaban J connectivity index is 1.97. The molecule has 2 fully saturated rings. The van der Waals surface area contributed by atoms with Crippen LogP contribution in [-0.2, 0) is 14.3 Å². The zero-order valence-electron chi connectivity index (χ0n) is 18.8. The third-order valence-corrected chi connectivity index (χ3v) is 5.15. The van der Waals surface area contributed by atoms with Crippen molar-refractivity contribution in [1.82, 2.24) is 15.1 Å². The van der Waals surface area contributed by atoms with Crippen LogP contribution in [0.15, 0.2) is 36.6 Å². The standard InChI is InChI=1S/C23H35N3O4/c1-7-8-16(2)25(6)20(27)12-11-18(15-17-9-10-17)24-21(28)19-13-14-26(19)22(29)30-23(3,4)5/h7-8,11-12,17-19H,2,9-10,13-15H2,1,3-6H3,(H,24,28). The molecule has 166 valence electrons. The molecule has 1 aliphatic carbocycles. The minimum absolute atomic E-state index is 0.202. The van der Waals surface area contributed by atoms with Crippen molar-refractivity contribution >= 4 is 17.9 Å². The Morgan fingerprint density at radius 3 is 2.40 bits per heavy atom. The van der Waals surface area contributed by atoms with Gasteiger partial charge >= 0.3 is 6.09 Å². The van der Waals surface area contributed by atoms with Crippen LogP contribution in [0.4, 0.5) is 4.79 Å². The van der Waals surface area contributed by atoms with Crippen LogP contribution in [0.1, 0.15) is 53.4 Å². The van der Waals surface area contributed by atoms with Gasteiger partial charge in [-0.1, -0.05) is 31.6 Å². The first kappa shape index (κ1) is 23.7. The van der Waals surface area contributed by atoms with Gasteiger partial charge in [-0.3, -0.25) is 14.5 Å². The number of hydrogen-bond acceptors (Lipinski definition) is 4. The average molecular weight is 418 g/mol. The number of carbonyl (C=O) groups excluding carboxylic acids is 3. The third-order valence-electron chi connectivity index (χ3n) is 5.15. The Morgan fingerprint density at radius 1 is 1.23 bits per heavy atom. The molecule has 2 unspecified atom stereocenters. The van der Waals surface area contributed by atoms with Crippen LogP contribution >= 0.6 is 0 Å². The van der Waals surface area contributed by atoms with E-state index >= 15 is 0 Å². The summed E-state index contributed by atoms with van der Waals surface area (Å²) in [6.07, 6.45) is 10.0. The van der Waals surface area contributed by atoms with Crippen molar-refractivity contribution in [2.75, 3.05) is 13.6 Å². The number of likely N-dealkylation sites (tertiary alicyclic amines) is 1. The SMILES string of the molecule is C=C(C=CC)N(C)C(=O)C=CC(CC1CC1)NC(=O)C1CCN1C(=O)OC(C)(C)C. The summed E-state index contributed by atoms with van der Waals surface area (Å²) in [5, 5.41) is 3.00. The van der Waals surface area contributed by atoms with Crippen LogP contribution in [-0.4, -0.2) is 59.0 Å². The second-order valence-corrected chi connectivity index (χ2v) is 9.02. The molecule has 7 heteroatoms. The number of nitrogens with one attached hydrogen (secondary N) is 1. The molecule has 3 amide bonds. The molecule has 2 rings (SSSR count). The van der Waals surface area contributed by atoms with Crippen LogP contribution in [0.2, 0.25) is 0 Å². The Kier molecular flexibility index (Phi) is 7.87. The molecule has 0 bridgehead atoms. The maximum Gasteiger partial charge on any atom is 0.410 e. The molecule has 0 aromatic carbocycles. The zero-order valence-corrected chi connectivity index (χ0v) is 18.8. The first-order chi connectivity index (χ1) is 14.0. The van der Waals surface area contributed by atoms with Gasteiger partial charge < -0.3 is 15.0 Å². The van der Waals surface area contributed by atoms with Crippen molar-refractivity contribution in [3.63, 3.8) is 0 Å². The average Bonchev–Trinajstić information content (AvgIpc) is 3.40. The number of amides is 3. The van der Waals surface area contributed by atoms with Crippen LogP contribution in [0, 0.1) is 5.92 Å². The first-order valence-corrected chi connectivity index (χ1v) is 10.6. The van der Waals surface area contributed by atoms with E-state index in [0.717, 1.165) is 19.3 Å². The third kappa shape index (κ3) is 7.04. The number of hydrogen-bond donors (Lipinski definition) is 1. The van der Waals surface area contributed by atoms with Crippen molar-refractivity contribution in [2.45, 2.75) is 71.1 Å². The second kappa shape index (κ2) is 9.96. The van der Waals surface area contributed by atoms with Crippen molar-refractivity contribution < 1.29 is 19.1 Å². The van der Waals surface area contributed by atoms with E-state index in [1.165, 1.54) is 15.9 Å². The lowest BCUT2D eigenvalue weighted by Crippen LogP contribution is -2.60. The quantitative estimate of drug-likeness (QED) is 0.485. The van der Waals surface area contributed by atoms with Crippen molar-refractivity contribution in [3.05, 3.63) is 36.6 Å². The summed E-state index contributed by atoms with van der Waals surface area (Å²) in [6, 6.07) is -0.777. The lowest BCUT2D eigenvalue weighted by Gasteiger charge is -2.40. The minimum Gasteiger partial charge on any atom is -0.444 e. The normalized spacial score (nSPS) is 20.0. The summed E-state index contributed by atoms with van der Waals surface area (Å²) in [5.41, 5.74) is -0.00806. The van der Waals surface area contributed by atoms with E-state index in [1.54, 1.807) is 40.0 Å². The van der Waals surface area contributed by atoms with Crippen molar-refractivity contribution in [1.29, 1.82) is 0 Å². The minimum atomic E-state index is -0.603. The highest BCUT2D eigenvalue weighted by atomic mass is 16.6. The van der Waals surface area contributed by atoms with Crippen LogP contribution in [0.3, 0.4) is 0 Å². The van der Waals surface area contributed by atoms with Gasteiger partial charge in [0, 0.05) is 31.4 Å². The molecule has 30 heavy (non-hydrogen) atoms. The van der Waals surface area contributed by atoms with Gasteiger partial charge in [0.2, 0.25) is 11.8 Å². The summed E-state index contributed by atoms with van der Waals surface area (Å²) in [4.78, 5) is 40.4. The summed E-state index contributed by atoms with van der Waals surface area (Å²) >= 11 is 0. The largest absolute Gasteiger partial charge is 0.444 e. The summed E-state index contributed by atoms with van der Waals surface area (Å²) < 4.78 is 5.38. The number of nitrogens with zero attached hydrogens (tertiary/aromatic N) is 2. The topological polar surface area (TPSA) is 79.0 Å². The Bertz CT molecular complexity index is 731. The van der Waals surface area contributed by atoms with Gasteiger partial charge in [-0.25, -0.2) is 4.79 Å². The molecule has 0 spiro atoms. The monoisotopic (exact) mass is 417 g/mol. The molecule has 1 aliphatic heterocycles. The Labute approximate surface area is 179 Å². The molecule has 0 aromatic rings. The van der Waals surface area contributed by atoms with E-state index in [-0.39, 0.29) is 17.9 Å². The molecule has 1 heterocycles. The highest BCUT2D eigenvalue weighted by Crippen LogP contribution is 2.34. The highest BCUT2D eigenvalue weighted by molar-refractivity contribution is 5.90. The Hall–Kier alpha value is -2.57. The number of ether oxygens (including phenoxy) is 1. The van der Waals surface area contributed by atoms with Crippen molar-refractivity contribution in [3.8, 4) is 0 Å². The van der Waals surface area contributed by atoms with Gasteiger partial charge in [0.1, 0.15) is 11.6 Å². The maximum atomic E-state index is 12.8. The summed E-state index contributed by atoms with van der Waals surface area (Å²) in [6.45, 7) is 11.6. The molecule has 7 nitrogen and oxygen atoms in total. The van der Waals surface area contributed by atoms with E-state index in [2.05, 4.69) is 11.9 Å². The predicted octanol–water partition coefficient (Wildman–Crippen LogP) is 3.39. The molecular formula is C23H35N3O4. The number of allylic oxidation sites excluding steroid dienone is 2. The zero-order chi connectivity index (χ0) is 22.5. The Morgan fingerprint density at radius 2 is 1.90 bits per heavy atom. The van der Waals surface area contributed by atoms with Gasteiger partial charge in [0.15, 0.2) is 0 Å². The van der Waals surface area contributed by atoms with Gasteiger partial charge in [0.05, 0.1) is 0 Å². The number of likely N-dealkylation sites (N-methyl/N-ethyl adjacent to an activating group) is 1. The van der Waals surface area contributed by atoms with Crippen LogP contribution in [0.5, 0.6) is 0 Å². The smallest absolute Gasteiger partial charge is 0.410 e. The molecule has 1 N–H and O–H groups in total. The fraction of sp³-hybridized carbons (Fsp3) is 0.609. The van der Waals surface area contributed by atoms with Gasteiger partial charge in [-0.05, 0) is 52.5 Å². The molecule has 1 saturated heterocycles. The molecule has 0 radical (unpaired) electrons. The summed E-state index contributed by atoms with van der Waals surface area (Å²) in [5.74, 6) is 0.155. The van der Waals surface area contributed by atoms with E-state index in [1.807, 2.05) is 13.0 Å². The molecular weight excluding hydrogens is 382 g/mol. The van der Waals surface area contributed by atoms with Crippen LogP contribution in [0.25, 0.3) is 0 Å². The summed E-state index contributed by atoms with van der Waals surface area (Å²) in [7, 11) is 1.66. The van der Waals surface area contributed by atoms with E-state index in [4.69, 9.17) is 4.74 Å². The van der Waals surface area contributed by atoms with Crippen LogP contribution < -0.4 is 5.32 Å². The van der Waals surface area contributed by atoms with Gasteiger partial charge in [-0.2, -0.15) is 0 Å². The van der Waals surface area contributed by atoms with E-state index in [9.17, 15) is 14.4 Å². The predicted molar refractivity (Wildman–Crippen MR) is 116 cm³/mol. The van der Waals surface area contributed by atoms with Crippen molar-refractivity contribution in [2.24, 2.45) is 5.92 Å². The first-order valence-electron chi connectivity index (χ1n) is 10.6. The fourth-order valence-corrected chi connectivity index (χ4v) is 3.13. The molecule has 2 atom stereocenters. The number of carbonyl (C=O) groups is 3. The second-order valence-electron chi connectivity index (χ2n) is 9.02. The molecule has 2 aliphatic rings. The van der Waals surface area contributed by atoms with Gasteiger partial charge in [0.25, 0.3) is 0 Å². The fourth-order valence-electron chi connectivity index (χ4n) is 3.13. The van der Waals surface area contributed by atoms with Gasteiger partial charge in [-0.15, -0.1) is 0 Å². The maximum absolute atomic E-state index is 12.8. The van der Waals surface area contributed by atoms with E-state index < -0.39 is 17.7 Å². The number of rotatable bonds is 8. The molecule has 0 aromatic heterocycles. The lowest BCUT2D eigenvalue weighted by atomic mass is 10.0. The lowest BCUT2D eigenvalue weighted by molar-refractivity contribution is -0.131. The van der Waals surface area contributed by atoms with E-state index in [0.29, 0.717) is 24.6 Å². The highest BCUT2D eigenvalue weighted by Gasteiger charge is 2.40.